The van der Waals surface area contributed by atoms with E-state index in [0.29, 0.717) is 41.9 Å². The fraction of sp³-hybridized carbons (Fsp3) is 0.286. The first-order valence-electron chi connectivity index (χ1n) is 11.7. The maximum absolute atomic E-state index is 13.6. The second-order valence-electron chi connectivity index (χ2n) is 8.47. The molecule has 0 radical (unpaired) electrons. The fourth-order valence-electron chi connectivity index (χ4n) is 3.78. The van der Waals surface area contributed by atoms with Crippen LogP contribution in [0.1, 0.15) is 40.4 Å². The van der Waals surface area contributed by atoms with Gasteiger partial charge in [0.2, 0.25) is 0 Å². The molecular weight excluding hydrogens is 506 g/mol. The molecule has 3 aromatic carbocycles. The number of halogens is 4. The number of carbonyl (C=O) groups is 2. The maximum atomic E-state index is 13.6. The summed E-state index contributed by atoms with van der Waals surface area (Å²) in [6, 6.07) is 13.3. The lowest BCUT2D eigenvalue weighted by atomic mass is 9.95. The molecular formula is C28H27F4NO5. The maximum Gasteiger partial charge on any atom is 0.416 e. The zero-order chi connectivity index (χ0) is 27.9. The number of esters is 1. The number of hydrogen-bond acceptors (Lipinski definition) is 5. The zero-order valence-corrected chi connectivity index (χ0v) is 21.0. The first kappa shape index (κ1) is 28.5. The van der Waals surface area contributed by atoms with Crippen LogP contribution in [-0.2, 0) is 28.7 Å². The van der Waals surface area contributed by atoms with Gasteiger partial charge in [-0.25, -0.2) is 4.39 Å². The van der Waals surface area contributed by atoms with Gasteiger partial charge in [-0.15, -0.1) is 0 Å². The zero-order valence-electron chi connectivity index (χ0n) is 21.0. The van der Waals surface area contributed by atoms with Gasteiger partial charge < -0.3 is 19.5 Å². The minimum absolute atomic E-state index is 0.143. The molecule has 1 atom stereocenters. The fourth-order valence-corrected chi connectivity index (χ4v) is 3.78. The Bertz CT molecular complexity index is 1280. The number of carbonyl (C=O) groups excluding carboxylic acids is 2. The molecule has 0 saturated carbocycles. The molecule has 6 nitrogen and oxygen atoms in total. The third-order valence-electron chi connectivity index (χ3n) is 5.83. The van der Waals surface area contributed by atoms with Gasteiger partial charge in [0.15, 0.2) is 0 Å². The van der Waals surface area contributed by atoms with Crippen molar-refractivity contribution in [1.29, 1.82) is 0 Å². The summed E-state index contributed by atoms with van der Waals surface area (Å²) < 4.78 is 67.9. The van der Waals surface area contributed by atoms with Gasteiger partial charge in [0.1, 0.15) is 23.1 Å². The molecule has 202 valence electrons. The van der Waals surface area contributed by atoms with Gasteiger partial charge in [-0.05, 0) is 60.4 Å². The average molecular weight is 534 g/mol. The number of amides is 1. The summed E-state index contributed by atoms with van der Waals surface area (Å²) in [5.41, 5.74) is 0.617. The molecule has 0 heterocycles. The van der Waals surface area contributed by atoms with Gasteiger partial charge in [-0.3, -0.25) is 9.59 Å². The predicted molar refractivity (Wildman–Crippen MR) is 132 cm³/mol. The third-order valence-corrected chi connectivity index (χ3v) is 5.83. The Balaban J connectivity index is 1.67. The van der Waals surface area contributed by atoms with Gasteiger partial charge >= 0.3 is 12.1 Å². The summed E-state index contributed by atoms with van der Waals surface area (Å²) >= 11 is 0. The lowest BCUT2D eigenvalue weighted by Crippen LogP contribution is -2.24. The lowest BCUT2D eigenvalue weighted by molar-refractivity contribution is -0.145. The number of alkyl halides is 3. The summed E-state index contributed by atoms with van der Waals surface area (Å²) in [5, 5.41) is 2.79. The second-order valence-corrected chi connectivity index (χ2v) is 8.47. The van der Waals surface area contributed by atoms with Gasteiger partial charge in [0.05, 0.1) is 31.3 Å². The second kappa shape index (κ2) is 12.4. The summed E-state index contributed by atoms with van der Waals surface area (Å²) in [6.07, 6.45) is -3.71. The van der Waals surface area contributed by atoms with Gasteiger partial charge in [-0.1, -0.05) is 25.1 Å². The third kappa shape index (κ3) is 7.47. The normalized spacial score (nSPS) is 12.0. The van der Waals surface area contributed by atoms with E-state index in [-0.39, 0.29) is 29.9 Å². The van der Waals surface area contributed by atoms with Gasteiger partial charge in [-0.2, -0.15) is 13.2 Å². The van der Waals surface area contributed by atoms with E-state index in [4.69, 9.17) is 14.2 Å². The van der Waals surface area contributed by atoms with E-state index in [1.165, 1.54) is 26.4 Å². The minimum Gasteiger partial charge on any atom is -0.496 e. The van der Waals surface area contributed by atoms with Crippen LogP contribution < -0.4 is 14.8 Å². The van der Waals surface area contributed by atoms with E-state index in [2.05, 4.69) is 5.32 Å². The highest BCUT2D eigenvalue weighted by Crippen LogP contribution is 2.34. The van der Waals surface area contributed by atoms with E-state index in [0.717, 1.165) is 11.6 Å². The van der Waals surface area contributed by atoms with Crippen molar-refractivity contribution in [3.05, 3.63) is 88.7 Å². The average Bonchev–Trinajstić information content (AvgIpc) is 2.89. The number of rotatable bonds is 10. The highest BCUT2D eigenvalue weighted by Gasteiger charge is 2.31. The van der Waals surface area contributed by atoms with Crippen molar-refractivity contribution in [2.24, 2.45) is 5.92 Å². The molecule has 38 heavy (non-hydrogen) atoms. The van der Waals surface area contributed by atoms with Crippen molar-refractivity contribution in [2.45, 2.75) is 32.5 Å². The largest absolute Gasteiger partial charge is 0.496 e. The molecule has 0 spiro atoms. The van der Waals surface area contributed by atoms with Crippen molar-refractivity contribution in [1.82, 2.24) is 5.32 Å². The standard InChI is InChI=1S/C28H27F4NO5/c1-4-19(27(35)37-3)11-18-7-10-25(36-2)24(12-18)26(34)33-16-17-5-8-22(9-6-17)38-23-14-20(28(30,31)32)13-21(29)15-23/h5-10,12-15,19H,4,11,16H2,1-3H3,(H,33,34)/t19-/m0/s1. The van der Waals surface area contributed by atoms with Crippen LogP contribution in [0.5, 0.6) is 17.2 Å². The summed E-state index contributed by atoms with van der Waals surface area (Å²) in [4.78, 5) is 24.9. The lowest BCUT2D eigenvalue weighted by Gasteiger charge is -2.15. The Kier molecular flexibility index (Phi) is 9.33. The van der Waals surface area contributed by atoms with Crippen LogP contribution in [0.3, 0.4) is 0 Å². The molecule has 10 heteroatoms. The summed E-state index contributed by atoms with van der Waals surface area (Å²) in [7, 11) is 2.78. The molecule has 0 aromatic heterocycles. The first-order chi connectivity index (χ1) is 18.0. The Hall–Kier alpha value is -4.08. The van der Waals surface area contributed by atoms with E-state index in [9.17, 15) is 27.2 Å². The van der Waals surface area contributed by atoms with Crippen LogP contribution in [0, 0.1) is 11.7 Å². The van der Waals surface area contributed by atoms with Crippen molar-refractivity contribution >= 4 is 11.9 Å². The van der Waals surface area contributed by atoms with Crippen LogP contribution in [-0.4, -0.2) is 26.1 Å². The minimum atomic E-state index is -4.70. The van der Waals surface area contributed by atoms with Gasteiger partial charge in [0.25, 0.3) is 5.91 Å². The number of benzene rings is 3. The van der Waals surface area contributed by atoms with Crippen molar-refractivity contribution in [2.75, 3.05) is 14.2 Å². The molecule has 0 aliphatic carbocycles. The van der Waals surface area contributed by atoms with Gasteiger partial charge in [0, 0.05) is 12.6 Å². The highest BCUT2D eigenvalue weighted by molar-refractivity contribution is 5.97. The number of ether oxygens (including phenoxy) is 3. The van der Waals surface area contributed by atoms with Crippen LogP contribution in [0.4, 0.5) is 17.6 Å². The Labute approximate surface area is 217 Å². The van der Waals surface area contributed by atoms with Crippen LogP contribution in [0.25, 0.3) is 0 Å². The number of nitrogens with one attached hydrogen (secondary N) is 1. The molecule has 0 unspecified atom stereocenters. The highest BCUT2D eigenvalue weighted by atomic mass is 19.4. The SMILES string of the molecule is CC[C@@H](Cc1ccc(OC)c(C(=O)NCc2ccc(Oc3cc(F)cc(C(F)(F)F)c3)cc2)c1)C(=O)OC. The quantitative estimate of drug-likeness (QED) is 0.244. The number of hydrogen-bond donors (Lipinski definition) is 1. The molecule has 1 amide bonds. The number of methoxy groups -OCH3 is 2. The Morgan fingerprint density at radius 1 is 0.921 bits per heavy atom. The van der Waals surface area contributed by atoms with E-state index in [1.807, 2.05) is 6.92 Å². The molecule has 0 bridgehead atoms. The molecule has 3 aromatic rings. The first-order valence-corrected chi connectivity index (χ1v) is 11.7. The molecule has 1 N–H and O–H groups in total. The topological polar surface area (TPSA) is 73.9 Å². The predicted octanol–water partition coefficient (Wildman–Crippen LogP) is 6.32. The molecule has 0 saturated heterocycles. The van der Waals surface area contributed by atoms with Crippen molar-refractivity contribution in [3.8, 4) is 17.2 Å². The smallest absolute Gasteiger partial charge is 0.416 e. The van der Waals surface area contributed by atoms with E-state index >= 15 is 0 Å². The van der Waals surface area contributed by atoms with Crippen molar-refractivity contribution < 1.29 is 41.4 Å². The molecule has 0 fully saturated rings. The van der Waals surface area contributed by atoms with E-state index in [1.54, 1.807) is 30.3 Å². The monoisotopic (exact) mass is 533 g/mol. The van der Waals surface area contributed by atoms with Crippen molar-refractivity contribution in [3.63, 3.8) is 0 Å². The Morgan fingerprint density at radius 2 is 1.61 bits per heavy atom. The van der Waals surface area contributed by atoms with Crippen LogP contribution in [0.2, 0.25) is 0 Å². The summed E-state index contributed by atoms with van der Waals surface area (Å²) in [5.74, 6) is -1.84. The van der Waals surface area contributed by atoms with Crippen LogP contribution in [0.15, 0.2) is 60.7 Å². The molecule has 3 rings (SSSR count). The van der Waals surface area contributed by atoms with E-state index < -0.39 is 23.5 Å². The molecule has 0 aliphatic rings. The van der Waals surface area contributed by atoms with Crippen LogP contribution >= 0.6 is 0 Å². The Morgan fingerprint density at radius 3 is 2.21 bits per heavy atom. The summed E-state index contributed by atoms with van der Waals surface area (Å²) in [6.45, 7) is 2.03. The molecule has 0 aliphatic heterocycles.